The maximum absolute atomic E-state index is 12.5. The van der Waals surface area contributed by atoms with Gasteiger partial charge in [0.25, 0.3) is 0 Å². The van der Waals surface area contributed by atoms with Gasteiger partial charge in [-0.25, -0.2) is 0 Å². The molecule has 0 aromatic heterocycles. The zero-order valence-corrected chi connectivity index (χ0v) is 15.1. The Balaban J connectivity index is 2.78. The second-order valence-electron chi connectivity index (χ2n) is 6.68. The number of amides is 1. The molecule has 5 heteroatoms. The van der Waals surface area contributed by atoms with Crippen LogP contribution in [0.5, 0.6) is 5.75 Å². The molecular formula is C17H27NO3S. The van der Waals surface area contributed by atoms with Crippen LogP contribution >= 0.6 is 0 Å². The van der Waals surface area contributed by atoms with Crippen LogP contribution in [0.2, 0.25) is 0 Å². The second kappa shape index (κ2) is 7.77. The molecule has 0 saturated heterocycles. The molecule has 0 unspecified atom stereocenters. The Labute approximate surface area is 136 Å². The molecule has 4 nitrogen and oxygen atoms in total. The first kappa shape index (κ1) is 18.7. The highest BCUT2D eigenvalue weighted by Crippen LogP contribution is 2.22. The van der Waals surface area contributed by atoms with Gasteiger partial charge in [-0.05, 0) is 47.6 Å². The van der Waals surface area contributed by atoms with Gasteiger partial charge in [0.1, 0.15) is 11.0 Å². The molecule has 1 amide bonds. The summed E-state index contributed by atoms with van der Waals surface area (Å²) in [6.45, 7) is 11.3. The highest BCUT2D eigenvalue weighted by atomic mass is 32.2. The smallest absolute Gasteiger partial charge is 0.235 e. The van der Waals surface area contributed by atoms with E-state index in [-0.39, 0.29) is 17.6 Å². The molecule has 0 aliphatic carbocycles. The number of benzene rings is 1. The minimum atomic E-state index is -1.30. The zero-order chi connectivity index (χ0) is 16.9. The average Bonchev–Trinajstić information content (AvgIpc) is 2.37. The van der Waals surface area contributed by atoms with Crippen LogP contribution in [0.3, 0.4) is 0 Å². The first-order chi connectivity index (χ1) is 10.1. The van der Waals surface area contributed by atoms with E-state index >= 15 is 0 Å². The summed E-state index contributed by atoms with van der Waals surface area (Å²) < 4.78 is 18.2. The minimum absolute atomic E-state index is 0.0520. The summed E-state index contributed by atoms with van der Waals surface area (Å²) in [5, 5.41) is 2.31. The SMILES string of the molecule is CC(C)Oc1ccccc1C[S@](=O)[C@H](C)C(=O)NC(C)(C)C. The predicted molar refractivity (Wildman–Crippen MR) is 91.4 cm³/mol. The van der Waals surface area contributed by atoms with Gasteiger partial charge in [0, 0.05) is 21.9 Å². The number of nitrogens with one attached hydrogen (secondary N) is 1. The summed E-state index contributed by atoms with van der Waals surface area (Å²) in [5.74, 6) is 0.851. The van der Waals surface area contributed by atoms with Crippen LogP contribution < -0.4 is 10.1 Å². The highest BCUT2D eigenvalue weighted by Gasteiger charge is 2.24. The van der Waals surface area contributed by atoms with E-state index in [4.69, 9.17) is 4.74 Å². The van der Waals surface area contributed by atoms with E-state index in [1.807, 2.05) is 58.9 Å². The Morgan fingerprint density at radius 2 is 1.82 bits per heavy atom. The number of rotatable bonds is 6. The van der Waals surface area contributed by atoms with Gasteiger partial charge in [0.05, 0.1) is 11.9 Å². The van der Waals surface area contributed by atoms with Gasteiger partial charge in [-0.2, -0.15) is 0 Å². The fourth-order valence-electron chi connectivity index (χ4n) is 1.86. The molecule has 0 bridgehead atoms. The van der Waals surface area contributed by atoms with Crippen LogP contribution in [-0.4, -0.2) is 27.0 Å². The van der Waals surface area contributed by atoms with Crippen molar-refractivity contribution in [2.75, 3.05) is 0 Å². The Hall–Kier alpha value is -1.36. The van der Waals surface area contributed by atoms with Gasteiger partial charge in [-0.3, -0.25) is 9.00 Å². The van der Waals surface area contributed by atoms with Crippen molar-refractivity contribution >= 4 is 16.7 Å². The van der Waals surface area contributed by atoms with E-state index in [0.29, 0.717) is 5.75 Å². The third-order valence-corrected chi connectivity index (χ3v) is 4.49. The summed E-state index contributed by atoms with van der Waals surface area (Å²) in [6, 6.07) is 7.54. The number of carbonyl (C=O) groups excluding carboxylic acids is 1. The number of hydrogen-bond acceptors (Lipinski definition) is 3. The monoisotopic (exact) mass is 325 g/mol. The molecular weight excluding hydrogens is 298 g/mol. The number of carbonyl (C=O) groups is 1. The largest absolute Gasteiger partial charge is 0.491 e. The van der Waals surface area contributed by atoms with Crippen LogP contribution in [0.15, 0.2) is 24.3 Å². The third kappa shape index (κ3) is 6.18. The van der Waals surface area contributed by atoms with Gasteiger partial charge in [0.15, 0.2) is 0 Å². The van der Waals surface area contributed by atoms with Crippen molar-refractivity contribution in [3.05, 3.63) is 29.8 Å². The van der Waals surface area contributed by atoms with E-state index in [9.17, 15) is 9.00 Å². The first-order valence-corrected chi connectivity index (χ1v) is 8.92. The van der Waals surface area contributed by atoms with Crippen molar-refractivity contribution in [2.45, 2.75) is 64.2 Å². The Kier molecular flexibility index (Phi) is 6.60. The van der Waals surface area contributed by atoms with Crippen molar-refractivity contribution in [3.63, 3.8) is 0 Å². The summed E-state index contributed by atoms with van der Waals surface area (Å²) in [4.78, 5) is 12.1. The molecule has 0 aliphatic heterocycles. The van der Waals surface area contributed by atoms with Crippen LogP contribution in [0.1, 0.15) is 47.1 Å². The predicted octanol–water partition coefficient (Wildman–Crippen LogP) is 3.03. The molecule has 1 N–H and O–H groups in total. The van der Waals surface area contributed by atoms with Crippen molar-refractivity contribution < 1.29 is 13.7 Å². The maximum Gasteiger partial charge on any atom is 0.235 e. The molecule has 22 heavy (non-hydrogen) atoms. The topological polar surface area (TPSA) is 55.4 Å². The van der Waals surface area contributed by atoms with Gasteiger partial charge in [0.2, 0.25) is 5.91 Å². The lowest BCUT2D eigenvalue weighted by atomic mass is 10.1. The molecule has 0 heterocycles. The maximum atomic E-state index is 12.5. The van der Waals surface area contributed by atoms with Crippen molar-refractivity contribution in [1.82, 2.24) is 5.32 Å². The van der Waals surface area contributed by atoms with Crippen LogP contribution in [0.4, 0.5) is 0 Å². The van der Waals surface area contributed by atoms with Gasteiger partial charge in [-0.1, -0.05) is 18.2 Å². The van der Waals surface area contributed by atoms with Crippen LogP contribution in [0.25, 0.3) is 0 Å². The quantitative estimate of drug-likeness (QED) is 0.874. The van der Waals surface area contributed by atoms with Crippen LogP contribution in [-0.2, 0) is 21.3 Å². The van der Waals surface area contributed by atoms with Crippen molar-refractivity contribution in [1.29, 1.82) is 0 Å². The lowest BCUT2D eigenvalue weighted by Gasteiger charge is -2.23. The average molecular weight is 325 g/mol. The molecule has 0 saturated carbocycles. The molecule has 1 rings (SSSR count). The lowest BCUT2D eigenvalue weighted by molar-refractivity contribution is -0.121. The standard InChI is InChI=1S/C17H27NO3S/c1-12(2)21-15-10-8-7-9-14(15)11-22(20)13(3)16(19)18-17(4,5)6/h7-10,12-13H,11H2,1-6H3,(H,18,19)/t13-,22+/m1/s1. The number of hydrogen-bond donors (Lipinski definition) is 1. The molecule has 1 aromatic rings. The van der Waals surface area contributed by atoms with Gasteiger partial charge in [-0.15, -0.1) is 0 Å². The Morgan fingerprint density at radius 3 is 2.36 bits per heavy atom. The van der Waals surface area contributed by atoms with Crippen LogP contribution in [0, 0.1) is 0 Å². The van der Waals surface area contributed by atoms with Gasteiger partial charge < -0.3 is 10.1 Å². The number of para-hydroxylation sites is 1. The van der Waals surface area contributed by atoms with E-state index in [1.54, 1.807) is 6.92 Å². The molecule has 2 atom stereocenters. The second-order valence-corrected chi connectivity index (χ2v) is 8.44. The summed E-state index contributed by atoms with van der Waals surface area (Å²) >= 11 is 0. The molecule has 0 aliphatic rings. The van der Waals surface area contributed by atoms with E-state index in [2.05, 4.69) is 5.32 Å². The Morgan fingerprint density at radius 1 is 1.23 bits per heavy atom. The lowest BCUT2D eigenvalue weighted by Crippen LogP contribution is -2.46. The normalized spacial score (nSPS) is 14.5. The highest BCUT2D eigenvalue weighted by molar-refractivity contribution is 7.85. The summed E-state index contributed by atoms with van der Waals surface area (Å²) in [7, 11) is -1.30. The van der Waals surface area contributed by atoms with Gasteiger partial charge >= 0.3 is 0 Å². The van der Waals surface area contributed by atoms with E-state index in [1.165, 1.54) is 0 Å². The summed E-state index contributed by atoms with van der Waals surface area (Å²) in [5.41, 5.74) is 0.540. The van der Waals surface area contributed by atoms with E-state index < -0.39 is 16.0 Å². The molecule has 1 aromatic carbocycles. The van der Waals surface area contributed by atoms with Crippen molar-refractivity contribution in [3.8, 4) is 5.75 Å². The third-order valence-electron chi connectivity index (χ3n) is 2.89. The fraction of sp³-hybridized carbons (Fsp3) is 0.588. The van der Waals surface area contributed by atoms with E-state index in [0.717, 1.165) is 11.3 Å². The molecule has 124 valence electrons. The molecule has 0 spiro atoms. The Bertz CT molecular complexity index is 535. The molecule has 0 fully saturated rings. The number of ether oxygens (including phenoxy) is 1. The minimum Gasteiger partial charge on any atom is -0.491 e. The van der Waals surface area contributed by atoms with Crippen molar-refractivity contribution in [2.24, 2.45) is 0 Å². The first-order valence-electron chi connectivity index (χ1n) is 7.54. The fourth-order valence-corrected chi connectivity index (χ4v) is 2.95. The summed E-state index contributed by atoms with van der Waals surface area (Å²) in [6.07, 6.45) is 0.0520. The molecule has 0 radical (unpaired) electrons. The zero-order valence-electron chi connectivity index (χ0n) is 14.3.